The lowest BCUT2D eigenvalue weighted by Crippen LogP contribution is -2.37. The number of ether oxygens (including phenoxy) is 2. The predicted molar refractivity (Wildman–Crippen MR) is 195 cm³/mol. The molecule has 15 heteroatoms. The number of anilines is 1. The van der Waals surface area contributed by atoms with Crippen LogP contribution >= 0.6 is 8.53 Å². The highest BCUT2D eigenvalue weighted by Crippen LogP contribution is 2.56. The minimum Gasteiger partial charge on any atom is -0.484 e. The molecule has 4 aromatic rings. The molecule has 2 aromatic carbocycles. The number of rotatable bonds is 15. The first-order chi connectivity index (χ1) is 24.3. The van der Waals surface area contributed by atoms with Crippen LogP contribution in [0, 0.1) is 15.5 Å². The standard InChI is InChI=1S/C36H48N7O7P/c1-9-28-29(49-51(42(23(2)3)24(4)5)50-33(36(6,7)8)26-17-13-14-18-27(26)43(45)46)19-31(48-28)41-22-39-32-34(37-21-38-35(32)41)40-30(44)20-47-25-15-11-10-12-16-25/h10-18,21-24,28-29,31,33H,9,19-20H2,1-8H3,(H,37,38,40,44)/t28-,29?,31-,33?,51?/m1/s1. The molecule has 274 valence electrons. The van der Waals surface area contributed by atoms with Crippen molar-refractivity contribution in [3.05, 3.63) is 82.9 Å². The van der Waals surface area contributed by atoms with E-state index in [1.54, 1.807) is 36.7 Å². The molecule has 2 aromatic heterocycles. The lowest BCUT2D eigenvalue weighted by Gasteiger charge is -2.41. The van der Waals surface area contributed by atoms with Crippen LogP contribution < -0.4 is 10.1 Å². The van der Waals surface area contributed by atoms with Crippen LogP contribution in [0.2, 0.25) is 0 Å². The Balaban J connectivity index is 1.39. The SMILES string of the molecule is CC[C@H]1O[C@@H](n2cnc3c(NC(=O)COc4ccccc4)ncnc32)CC1OP(OC(c1ccccc1[N+](=O)[O-])C(C)(C)C)N(C(C)C)C(C)C. The summed E-state index contributed by atoms with van der Waals surface area (Å²) in [6, 6.07) is 15.9. The van der Waals surface area contributed by atoms with E-state index in [1.165, 1.54) is 12.4 Å². The van der Waals surface area contributed by atoms with Crippen molar-refractivity contribution in [2.24, 2.45) is 5.41 Å². The Kier molecular flexibility index (Phi) is 12.4. The second-order valence-electron chi connectivity index (χ2n) is 14.1. The van der Waals surface area contributed by atoms with E-state index in [-0.39, 0.29) is 53.2 Å². The normalized spacial score (nSPS) is 19.2. The van der Waals surface area contributed by atoms with Gasteiger partial charge in [0.05, 0.1) is 29.0 Å². The third-order valence-electron chi connectivity index (χ3n) is 8.49. The Hall–Kier alpha value is -4.07. The number of imidazole rings is 1. The summed E-state index contributed by atoms with van der Waals surface area (Å²) in [7, 11) is -1.73. The van der Waals surface area contributed by atoms with Crippen molar-refractivity contribution in [1.82, 2.24) is 24.2 Å². The van der Waals surface area contributed by atoms with Crippen LogP contribution in [0.1, 0.15) is 86.1 Å². The lowest BCUT2D eigenvalue weighted by atomic mass is 9.84. The van der Waals surface area contributed by atoms with Gasteiger partial charge in [0.25, 0.3) is 20.1 Å². The monoisotopic (exact) mass is 721 g/mol. The number of para-hydroxylation sites is 2. The molecule has 1 aliphatic rings. The quantitative estimate of drug-likeness (QED) is 0.0721. The number of carbonyl (C=O) groups excluding carboxylic acids is 1. The Morgan fingerprint density at radius 2 is 1.76 bits per heavy atom. The van der Waals surface area contributed by atoms with Gasteiger partial charge < -0.3 is 23.8 Å². The molecule has 0 aliphatic carbocycles. The number of nitro benzene ring substituents is 1. The number of nitrogens with zero attached hydrogens (tertiary/aromatic N) is 6. The second kappa shape index (κ2) is 16.5. The number of benzene rings is 2. The fourth-order valence-electron chi connectivity index (χ4n) is 6.20. The number of nitrogens with one attached hydrogen (secondary N) is 1. The summed E-state index contributed by atoms with van der Waals surface area (Å²) in [5.41, 5.74) is 0.936. The van der Waals surface area contributed by atoms with E-state index in [0.29, 0.717) is 35.3 Å². The first kappa shape index (κ1) is 38.2. The third kappa shape index (κ3) is 9.06. The lowest BCUT2D eigenvalue weighted by molar-refractivity contribution is -0.386. The van der Waals surface area contributed by atoms with Gasteiger partial charge in [0.1, 0.15) is 24.4 Å². The van der Waals surface area contributed by atoms with Crippen molar-refractivity contribution in [2.45, 2.75) is 105 Å². The zero-order valence-corrected chi connectivity index (χ0v) is 31.3. The van der Waals surface area contributed by atoms with E-state index < -0.39 is 26.3 Å². The maximum Gasteiger partial charge on any atom is 0.275 e. The number of fused-ring (bicyclic) bond motifs is 1. The summed E-state index contributed by atoms with van der Waals surface area (Å²) in [6.07, 6.45) is 2.39. The van der Waals surface area contributed by atoms with Gasteiger partial charge in [0.2, 0.25) is 0 Å². The molecule has 51 heavy (non-hydrogen) atoms. The van der Waals surface area contributed by atoms with Crippen molar-refractivity contribution >= 4 is 37.1 Å². The molecule has 5 atom stereocenters. The molecule has 0 radical (unpaired) electrons. The molecule has 1 N–H and O–H groups in total. The minimum atomic E-state index is -1.73. The summed E-state index contributed by atoms with van der Waals surface area (Å²) < 4.78 is 30.1. The van der Waals surface area contributed by atoms with E-state index in [2.05, 4.69) is 52.6 Å². The van der Waals surface area contributed by atoms with Gasteiger partial charge in [-0.05, 0) is 57.7 Å². The molecule has 1 amide bonds. The van der Waals surface area contributed by atoms with Gasteiger partial charge in [0.15, 0.2) is 23.6 Å². The molecular formula is C36H48N7O7P. The molecule has 3 unspecified atom stereocenters. The van der Waals surface area contributed by atoms with E-state index in [0.717, 1.165) is 0 Å². The van der Waals surface area contributed by atoms with Gasteiger partial charge in [-0.15, -0.1) is 0 Å². The number of aromatic nitrogens is 4. The Bertz CT molecular complexity index is 1770. The fourth-order valence-corrected chi connectivity index (χ4v) is 8.29. The highest BCUT2D eigenvalue weighted by Gasteiger charge is 2.44. The van der Waals surface area contributed by atoms with Gasteiger partial charge in [-0.3, -0.25) is 19.5 Å². The number of carbonyl (C=O) groups is 1. The first-order valence-corrected chi connectivity index (χ1v) is 18.4. The van der Waals surface area contributed by atoms with Crippen molar-refractivity contribution in [3.8, 4) is 5.75 Å². The average Bonchev–Trinajstić information content (AvgIpc) is 3.70. The largest absolute Gasteiger partial charge is 0.484 e. The first-order valence-electron chi connectivity index (χ1n) is 17.2. The molecule has 1 aliphatic heterocycles. The highest BCUT2D eigenvalue weighted by molar-refractivity contribution is 7.44. The number of hydrogen-bond donors (Lipinski definition) is 1. The molecule has 0 saturated carbocycles. The van der Waals surface area contributed by atoms with Crippen LogP contribution in [0.5, 0.6) is 5.75 Å². The highest BCUT2D eigenvalue weighted by atomic mass is 31.2. The summed E-state index contributed by atoms with van der Waals surface area (Å²) in [4.78, 5) is 37.8. The van der Waals surface area contributed by atoms with Gasteiger partial charge >= 0.3 is 0 Å². The predicted octanol–water partition coefficient (Wildman–Crippen LogP) is 7.98. The van der Waals surface area contributed by atoms with Crippen LogP contribution in [-0.2, 0) is 18.6 Å². The van der Waals surface area contributed by atoms with Crippen LogP contribution in [0.25, 0.3) is 11.2 Å². The van der Waals surface area contributed by atoms with Gasteiger partial charge in [-0.1, -0.05) is 58.0 Å². The van der Waals surface area contributed by atoms with E-state index in [1.807, 2.05) is 50.5 Å². The molecule has 3 heterocycles. The van der Waals surface area contributed by atoms with Gasteiger partial charge in [-0.25, -0.2) is 19.6 Å². The summed E-state index contributed by atoms with van der Waals surface area (Å²) in [5, 5.41) is 14.9. The Labute approximate surface area is 300 Å². The topological polar surface area (TPSA) is 156 Å². The second-order valence-corrected chi connectivity index (χ2v) is 15.4. The van der Waals surface area contributed by atoms with E-state index >= 15 is 0 Å². The maximum absolute atomic E-state index is 12.7. The molecule has 1 fully saturated rings. The molecule has 1 saturated heterocycles. The van der Waals surface area contributed by atoms with Crippen LogP contribution in [0.15, 0.2) is 67.3 Å². The molecule has 5 rings (SSSR count). The molecule has 0 bridgehead atoms. The molecule has 0 spiro atoms. The Morgan fingerprint density at radius 3 is 2.41 bits per heavy atom. The maximum atomic E-state index is 12.7. The van der Waals surface area contributed by atoms with Crippen molar-refractivity contribution in [1.29, 1.82) is 0 Å². The van der Waals surface area contributed by atoms with Crippen LogP contribution in [-0.4, -0.2) is 65.9 Å². The van der Waals surface area contributed by atoms with Crippen molar-refractivity contribution < 1.29 is 28.2 Å². The smallest absolute Gasteiger partial charge is 0.275 e. The molecule has 14 nitrogen and oxygen atoms in total. The van der Waals surface area contributed by atoms with Crippen LogP contribution in [0.3, 0.4) is 0 Å². The number of hydrogen-bond acceptors (Lipinski definition) is 11. The summed E-state index contributed by atoms with van der Waals surface area (Å²) in [5.74, 6) is 0.468. The van der Waals surface area contributed by atoms with Gasteiger partial charge in [0, 0.05) is 24.6 Å². The summed E-state index contributed by atoms with van der Waals surface area (Å²) in [6.45, 7) is 16.2. The summed E-state index contributed by atoms with van der Waals surface area (Å²) >= 11 is 0. The zero-order valence-electron chi connectivity index (χ0n) is 30.4. The zero-order chi connectivity index (χ0) is 36.9. The minimum absolute atomic E-state index is 0.0111. The third-order valence-corrected chi connectivity index (χ3v) is 10.6. The van der Waals surface area contributed by atoms with E-state index in [4.69, 9.17) is 18.5 Å². The average molecular weight is 722 g/mol. The van der Waals surface area contributed by atoms with E-state index in [9.17, 15) is 14.9 Å². The van der Waals surface area contributed by atoms with Crippen LogP contribution in [0.4, 0.5) is 11.5 Å². The fraction of sp³-hybridized carbons (Fsp3) is 0.500. The number of nitro groups is 1. The number of amides is 1. The Morgan fingerprint density at radius 1 is 1.08 bits per heavy atom. The van der Waals surface area contributed by atoms with Gasteiger partial charge in [-0.2, -0.15) is 0 Å². The molecular weight excluding hydrogens is 673 g/mol. The van der Waals surface area contributed by atoms with Crippen molar-refractivity contribution in [3.63, 3.8) is 0 Å². The van der Waals surface area contributed by atoms with Crippen molar-refractivity contribution in [2.75, 3.05) is 11.9 Å².